The summed E-state index contributed by atoms with van der Waals surface area (Å²) >= 11 is 0. The van der Waals surface area contributed by atoms with E-state index in [-0.39, 0.29) is 18.0 Å². The van der Waals surface area contributed by atoms with Gasteiger partial charge in [-0.15, -0.1) is 0 Å². The van der Waals surface area contributed by atoms with Crippen molar-refractivity contribution in [2.75, 3.05) is 26.2 Å². The van der Waals surface area contributed by atoms with Gasteiger partial charge in [-0.05, 0) is 54.7 Å². The first-order chi connectivity index (χ1) is 13.2. The van der Waals surface area contributed by atoms with E-state index < -0.39 is 6.10 Å². The third-order valence-corrected chi connectivity index (χ3v) is 5.38. The maximum atomic E-state index is 13.0. The molecule has 5 heteroatoms. The minimum Gasteiger partial charge on any atom is -0.489 e. The lowest BCUT2D eigenvalue weighted by molar-refractivity contribution is -0.0200. The molecule has 1 saturated heterocycles. The van der Waals surface area contributed by atoms with Crippen LogP contribution in [0.4, 0.5) is 4.39 Å². The Kier molecular flexibility index (Phi) is 5.72. The molecule has 1 unspecified atom stereocenters. The standard InChI is InChI=1S/C22H26FNO3/c23-17-6-8-19(9-7-17)27-20-11-12-24(14-20)13-18(25)15-26-22-10-5-16-3-1-2-4-21(16)22/h1-4,6-9,18,20,22,25H,5,10-15H2/t18?,20-,22+/m0/s1. The molecule has 1 fully saturated rings. The molecule has 0 saturated carbocycles. The maximum absolute atomic E-state index is 13.0. The number of β-amino-alcohol motifs (C(OH)–C–C–N with tert-alkyl or cyclic N) is 1. The Morgan fingerprint density at radius 3 is 2.78 bits per heavy atom. The van der Waals surface area contributed by atoms with Gasteiger partial charge in [0.15, 0.2) is 0 Å². The van der Waals surface area contributed by atoms with E-state index in [1.54, 1.807) is 12.1 Å². The van der Waals surface area contributed by atoms with Crippen molar-refractivity contribution >= 4 is 0 Å². The number of benzene rings is 2. The molecule has 4 rings (SSSR count). The van der Waals surface area contributed by atoms with Crippen LogP contribution in [-0.2, 0) is 11.2 Å². The number of aryl methyl sites for hydroxylation is 1. The fraction of sp³-hybridized carbons (Fsp3) is 0.455. The van der Waals surface area contributed by atoms with E-state index in [0.717, 1.165) is 32.4 Å². The van der Waals surface area contributed by atoms with E-state index in [4.69, 9.17) is 9.47 Å². The number of ether oxygens (including phenoxy) is 2. The lowest BCUT2D eigenvalue weighted by Gasteiger charge is -2.22. The molecule has 27 heavy (non-hydrogen) atoms. The molecule has 4 nitrogen and oxygen atoms in total. The Labute approximate surface area is 159 Å². The molecule has 2 aliphatic rings. The van der Waals surface area contributed by atoms with Crippen molar-refractivity contribution in [3.8, 4) is 5.75 Å². The summed E-state index contributed by atoms with van der Waals surface area (Å²) in [6.07, 6.45) is 2.60. The minimum atomic E-state index is -0.512. The minimum absolute atomic E-state index is 0.0743. The Morgan fingerprint density at radius 1 is 1.11 bits per heavy atom. The van der Waals surface area contributed by atoms with Crippen LogP contribution in [0.15, 0.2) is 48.5 Å². The molecule has 0 bridgehead atoms. The Morgan fingerprint density at radius 2 is 1.93 bits per heavy atom. The Bertz CT molecular complexity index is 751. The number of hydrogen-bond donors (Lipinski definition) is 1. The first kappa shape index (κ1) is 18.4. The number of nitrogens with zero attached hydrogens (tertiary/aromatic N) is 1. The second-order valence-electron chi connectivity index (χ2n) is 7.46. The number of halogens is 1. The van der Waals surface area contributed by atoms with Gasteiger partial charge in [-0.1, -0.05) is 24.3 Å². The molecular formula is C22H26FNO3. The van der Waals surface area contributed by atoms with E-state index in [1.807, 2.05) is 6.07 Å². The summed E-state index contributed by atoms with van der Waals surface area (Å²) in [6.45, 7) is 2.58. The van der Waals surface area contributed by atoms with Gasteiger partial charge in [-0.2, -0.15) is 0 Å². The van der Waals surface area contributed by atoms with Gasteiger partial charge in [0.2, 0.25) is 0 Å². The number of fused-ring (bicyclic) bond motifs is 1. The molecule has 0 spiro atoms. The normalized spacial score (nSPS) is 23.3. The van der Waals surface area contributed by atoms with Crippen LogP contribution in [0.5, 0.6) is 5.75 Å². The lowest BCUT2D eigenvalue weighted by atomic mass is 10.1. The first-order valence-corrected chi connectivity index (χ1v) is 9.69. The van der Waals surface area contributed by atoms with Crippen LogP contribution < -0.4 is 4.74 Å². The number of rotatable bonds is 7. The molecule has 1 aliphatic heterocycles. The average molecular weight is 371 g/mol. The predicted molar refractivity (Wildman–Crippen MR) is 101 cm³/mol. The van der Waals surface area contributed by atoms with Crippen molar-refractivity contribution in [3.63, 3.8) is 0 Å². The van der Waals surface area contributed by atoms with Crippen molar-refractivity contribution in [3.05, 3.63) is 65.5 Å². The summed E-state index contributed by atoms with van der Waals surface area (Å²) in [5, 5.41) is 10.4. The maximum Gasteiger partial charge on any atom is 0.123 e. The van der Waals surface area contributed by atoms with Crippen molar-refractivity contribution in [2.45, 2.75) is 37.6 Å². The summed E-state index contributed by atoms with van der Waals surface area (Å²) in [7, 11) is 0. The van der Waals surface area contributed by atoms with Crippen LogP contribution in [0.2, 0.25) is 0 Å². The third-order valence-electron chi connectivity index (χ3n) is 5.38. The summed E-state index contributed by atoms with van der Waals surface area (Å²) in [5.74, 6) is 0.426. The number of hydrogen-bond acceptors (Lipinski definition) is 4. The first-order valence-electron chi connectivity index (χ1n) is 9.69. The van der Waals surface area contributed by atoms with Crippen molar-refractivity contribution in [1.82, 2.24) is 4.90 Å². The van der Waals surface area contributed by atoms with Crippen molar-refractivity contribution < 1.29 is 19.0 Å². The van der Waals surface area contributed by atoms with E-state index in [0.29, 0.717) is 18.9 Å². The van der Waals surface area contributed by atoms with Crippen LogP contribution in [0.25, 0.3) is 0 Å². The van der Waals surface area contributed by atoms with Gasteiger partial charge in [0, 0.05) is 19.6 Å². The zero-order chi connectivity index (χ0) is 18.6. The number of aliphatic hydroxyl groups is 1. The topological polar surface area (TPSA) is 41.9 Å². The largest absolute Gasteiger partial charge is 0.489 e. The van der Waals surface area contributed by atoms with Gasteiger partial charge < -0.3 is 14.6 Å². The lowest BCUT2D eigenvalue weighted by Crippen LogP contribution is -2.35. The summed E-state index contributed by atoms with van der Waals surface area (Å²) < 4.78 is 24.9. The SMILES string of the molecule is OC(CO[C@@H]1CCc2ccccc21)CN1CC[C@H](Oc2ccc(F)cc2)C1. The van der Waals surface area contributed by atoms with Gasteiger partial charge in [-0.25, -0.2) is 4.39 Å². The molecule has 144 valence electrons. The average Bonchev–Trinajstić information content (AvgIpc) is 3.29. The number of likely N-dealkylation sites (tertiary alicyclic amines) is 1. The Balaban J connectivity index is 1.20. The fourth-order valence-corrected chi connectivity index (χ4v) is 4.03. The molecule has 1 N–H and O–H groups in total. The molecule has 0 radical (unpaired) electrons. The predicted octanol–water partition coefficient (Wildman–Crippen LogP) is 3.34. The van der Waals surface area contributed by atoms with Gasteiger partial charge in [0.05, 0.1) is 18.8 Å². The molecule has 2 aromatic rings. The zero-order valence-corrected chi connectivity index (χ0v) is 15.4. The smallest absolute Gasteiger partial charge is 0.123 e. The highest BCUT2D eigenvalue weighted by Crippen LogP contribution is 2.33. The van der Waals surface area contributed by atoms with Crippen LogP contribution in [0.1, 0.15) is 30.1 Å². The molecule has 1 aliphatic carbocycles. The van der Waals surface area contributed by atoms with E-state index >= 15 is 0 Å². The highest BCUT2D eigenvalue weighted by Gasteiger charge is 2.27. The highest BCUT2D eigenvalue weighted by molar-refractivity contribution is 5.33. The van der Waals surface area contributed by atoms with Crippen LogP contribution in [0, 0.1) is 5.82 Å². The van der Waals surface area contributed by atoms with Gasteiger partial charge in [0.1, 0.15) is 17.7 Å². The van der Waals surface area contributed by atoms with Crippen LogP contribution in [0.3, 0.4) is 0 Å². The van der Waals surface area contributed by atoms with Crippen molar-refractivity contribution in [2.24, 2.45) is 0 Å². The second-order valence-corrected chi connectivity index (χ2v) is 7.46. The molecular weight excluding hydrogens is 345 g/mol. The van der Waals surface area contributed by atoms with Gasteiger partial charge >= 0.3 is 0 Å². The monoisotopic (exact) mass is 371 g/mol. The second kappa shape index (κ2) is 8.38. The zero-order valence-electron chi connectivity index (χ0n) is 15.4. The van der Waals surface area contributed by atoms with Gasteiger partial charge in [-0.3, -0.25) is 4.90 Å². The molecule has 0 amide bonds. The summed E-state index contributed by atoms with van der Waals surface area (Å²) in [4.78, 5) is 2.20. The molecule has 0 aromatic heterocycles. The number of aliphatic hydroxyl groups excluding tert-OH is 1. The van der Waals surface area contributed by atoms with Crippen LogP contribution >= 0.6 is 0 Å². The molecule has 1 heterocycles. The molecule has 3 atom stereocenters. The Hall–Kier alpha value is -1.95. The van der Waals surface area contributed by atoms with E-state index in [1.165, 1.54) is 23.3 Å². The van der Waals surface area contributed by atoms with Gasteiger partial charge in [0.25, 0.3) is 0 Å². The third kappa shape index (κ3) is 4.67. The summed E-state index contributed by atoms with van der Waals surface area (Å²) in [6, 6.07) is 14.5. The highest BCUT2D eigenvalue weighted by atomic mass is 19.1. The van der Waals surface area contributed by atoms with E-state index in [2.05, 4.69) is 23.1 Å². The molecule has 2 aromatic carbocycles. The van der Waals surface area contributed by atoms with E-state index in [9.17, 15) is 9.50 Å². The quantitative estimate of drug-likeness (QED) is 0.811. The summed E-state index contributed by atoms with van der Waals surface area (Å²) in [5.41, 5.74) is 2.62. The van der Waals surface area contributed by atoms with Crippen LogP contribution in [-0.4, -0.2) is 48.5 Å². The fourth-order valence-electron chi connectivity index (χ4n) is 4.03. The van der Waals surface area contributed by atoms with Crippen molar-refractivity contribution in [1.29, 1.82) is 0 Å².